The fourth-order valence-corrected chi connectivity index (χ4v) is 5.37. The molecule has 4 aromatic carbocycles. The average Bonchev–Trinajstić information content (AvgIpc) is 3.01. The Morgan fingerprint density at radius 1 is 0.932 bits per heavy atom. The zero-order valence-electron chi connectivity index (χ0n) is 23.6. The molecule has 1 heterocycles. The number of nitriles is 1. The third-order valence-corrected chi connectivity index (χ3v) is 7.73. The van der Waals surface area contributed by atoms with Crippen molar-refractivity contribution in [3.8, 4) is 29.1 Å². The molecule has 44 heavy (non-hydrogen) atoms. The molecule has 0 bridgehead atoms. The molecule has 7 nitrogen and oxygen atoms in total. The molecule has 1 unspecified atom stereocenters. The number of carbonyl (C=O) groups is 1. The molecule has 4 aromatic rings. The summed E-state index contributed by atoms with van der Waals surface area (Å²) < 4.78 is 23.0. The van der Waals surface area contributed by atoms with Crippen LogP contribution in [0, 0.1) is 11.3 Å². The van der Waals surface area contributed by atoms with E-state index in [1.807, 2.05) is 55.5 Å². The number of halogens is 3. The second-order valence-corrected chi connectivity index (χ2v) is 11.2. The highest BCUT2D eigenvalue weighted by Crippen LogP contribution is 2.44. The van der Waals surface area contributed by atoms with Gasteiger partial charge in [0.15, 0.2) is 5.75 Å². The van der Waals surface area contributed by atoms with E-state index in [1.165, 1.54) is 12.1 Å². The van der Waals surface area contributed by atoms with Gasteiger partial charge in [0.1, 0.15) is 35.5 Å². The molecule has 0 fully saturated rings. The van der Waals surface area contributed by atoms with Crippen LogP contribution in [-0.4, -0.2) is 12.6 Å². The molecule has 0 radical (unpaired) electrons. The zero-order chi connectivity index (χ0) is 31.2. The van der Waals surface area contributed by atoms with Crippen molar-refractivity contribution in [3.05, 3.63) is 128 Å². The van der Waals surface area contributed by atoms with Crippen LogP contribution in [0.2, 0.25) is 15.1 Å². The van der Waals surface area contributed by atoms with Gasteiger partial charge in [-0.05, 0) is 60.0 Å². The van der Waals surface area contributed by atoms with Crippen molar-refractivity contribution >= 4 is 40.8 Å². The number of nitrogens with two attached hydrogens (primary N) is 1. The Labute approximate surface area is 270 Å². The molecular weight excluding hydrogens is 623 g/mol. The number of rotatable bonds is 10. The first kappa shape index (κ1) is 31.1. The van der Waals surface area contributed by atoms with E-state index >= 15 is 0 Å². The maximum Gasteiger partial charge on any atom is 0.343 e. The topological polar surface area (TPSA) is 104 Å². The molecule has 0 saturated carbocycles. The van der Waals surface area contributed by atoms with Crippen LogP contribution >= 0.6 is 34.8 Å². The normalized spacial score (nSPS) is 13.8. The van der Waals surface area contributed by atoms with Gasteiger partial charge in [-0.1, -0.05) is 78.5 Å². The molecule has 224 valence electrons. The van der Waals surface area contributed by atoms with Crippen molar-refractivity contribution in [1.82, 2.24) is 0 Å². The quantitative estimate of drug-likeness (QED) is 0.104. The predicted octanol–water partition coefficient (Wildman–Crippen LogP) is 8.84. The average molecular weight is 650 g/mol. The van der Waals surface area contributed by atoms with Crippen molar-refractivity contribution in [1.29, 1.82) is 5.26 Å². The molecule has 1 aliphatic rings. The maximum atomic E-state index is 13.0. The van der Waals surface area contributed by atoms with Crippen LogP contribution < -0.4 is 24.7 Å². The minimum absolute atomic E-state index is 0.0335. The Morgan fingerprint density at radius 3 is 2.27 bits per heavy atom. The monoisotopic (exact) mass is 648 g/mol. The van der Waals surface area contributed by atoms with Crippen LogP contribution in [0.5, 0.6) is 23.0 Å². The van der Waals surface area contributed by atoms with Crippen LogP contribution in [0.25, 0.3) is 0 Å². The number of esters is 1. The van der Waals surface area contributed by atoms with Gasteiger partial charge in [-0.15, -0.1) is 0 Å². The molecular formula is C34H27Cl3N2O5. The standard InChI is InChI=1S/C34H27Cl3N2O5/c1-2-3-14-41-32-28(36)15-22(16-29(32)37)34(40)43-25-12-13-26-30(17-25)44-33(39)27(18-38)31(26)21-6-10-24(11-7-21)42-19-20-4-8-23(35)9-5-20/h4-13,15-17,31H,2-3,14,19,39H2,1H3. The fourth-order valence-electron chi connectivity index (χ4n) is 4.65. The summed E-state index contributed by atoms with van der Waals surface area (Å²) >= 11 is 18.6. The lowest BCUT2D eigenvalue weighted by molar-refractivity contribution is 0.0734. The number of ether oxygens (including phenoxy) is 4. The number of benzene rings is 4. The Hall–Kier alpha value is -4.35. The smallest absolute Gasteiger partial charge is 0.343 e. The summed E-state index contributed by atoms with van der Waals surface area (Å²) in [5, 5.41) is 11.0. The first-order valence-electron chi connectivity index (χ1n) is 13.8. The first-order valence-corrected chi connectivity index (χ1v) is 14.9. The van der Waals surface area contributed by atoms with Gasteiger partial charge in [-0.2, -0.15) is 5.26 Å². The second-order valence-electron chi connectivity index (χ2n) is 9.97. The van der Waals surface area contributed by atoms with Crippen LogP contribution in [0.3, 0.4) is 0 Å². The maximum absolute atomic E-state index is 13.0. The molecule has 0 aromatic heterocycles. The van der Waals surface area contributed by atoms with E-state index in [0.717, 1.165) is 24.0 Å². The largest absolute Gasteiger partial charge is 0.490 e. The second kappa shape index (κ2) is 14.0. The highest BCUT2D eigenvalue weighted by Gasteiger charge is 2.31. The summed E-state index contributed by atoms with van der Waals surface area (Å²) in [6.45, 7) is 2.88. The minimum Gasteiger partial charge on any atom is -0.490 e. The number of fused-ring (bicyclic) bond motifs is 1. The van der Waals surface area contributed by atoms with Crippen molar-refractivity contribution in [3.63, 3.8) is 0 Å². The van der Waals surface area contributed by atoms with Crippen LogP contribution in [-0.2, 0) is 6.61 Å². The molecule has 0 aliphatic carbocycles. The number of nitrogens with zero attached hydrogens (tertiary/aromatic N) is 1. The summed E-state index contributed by atoms with van der Waals surface area (Å²) in [7, 11) is 0. The van der Waals surface area contributed by atoms with Gasteiger partial charge in [-0.25, -0.2) is 4.79 Å². The van der Waals surface area contributed by atoms with Gasteiger partial charge < -0.3 is 24.7 Å². The summed E-state index contributed by atoms with van der Waals surface area (Å²) in [6, 6.07) is 24.8. The Balaban J connectivity index is 1.33. The van der Waals surface area contributed by atoms with Crippen molar-refractivity contribution < 1.29 is 23.7 Å². The molecule has 1 atom stereocenters. The van der Waals surface area contributed by atoms with Gasteiger partial charge in [0.05, 0.1) is 28.1 Å². The van der Waals surface area contributed by atoms with Gasteiger partial charge in [0, 0.05) is 16.7 Å². The summed E-state index contributed by atoms with van der Waals surface area (Å²) in [5.74, 6) is 0.345. The zero-order valence-corrected chi connectivity index (χ0v) is 25.9. The third kappa shape index (κ3) is 7.06. The Bertz CT molecular complexity index is 1730. The summed E-state index contributed by atoms with van der Waals surface area (Å²) in [6.07, 6.45) is 1.80. The van der Waals surface area contributed by atoms with Gasteiger partial charge in [0.25, 0.3) is 0 Å². The highest BCUT2D eigenvalue weighted by atomic mass is 35.5. The molecule has 5 rings (SSSR count). The van der Waals surface area contributed by atoms with Crippen LogP contribution in [0.1, 0.15) is 52.7 Å². The lowest BCUT2D eigenvalue weighted by Crippen LogP contribution is -2.21. The molecule has 2 N–H and O–H groups in total. The summed E-state index contributed by atoms with van der Waals surface area (Å²) in [5.41, 5.74) is 9.07. The lowest BCUT2D eigenvalue weighted by Gasteiger charge is -2.27. The number of unbranched alkanes of at least 4 members (excludes halogenated alkanes) is 1. The van der Waals surface area contributed by atoms with E-state index in [0.29, 0.717) is 41.0 Å². The fraction of sp³-hybridized carbons (Fsp3) is 0.176. The van der Waals surface area contributed by atoms with Crippen molar-refractivity contribution in [2.24, 2.45) is 5.73 Å². The molecule has 0 saturated heterocycles. The van der Waals surface area contributed by atoms with E-state index in [4.69, 9.17) is 59.5 Å². The number of allylic oxidation sites excluding steroid dienone is 1. The molecule has 1 aliphatic heterocycles. The van der Waals surface area contributed by atoms with E-state index in [9.17, 15) is 10.1 Å². The summed E-state index contributed by atoms with van der Waals surface area (Å²) in [4.78, 5) is 13.0. The number of hydrogen-bond acceptors (Lipinski definition) is 7. The van der Waals surface area contributed by atoms with Crippen LogP contribution in [0.15, 0.2) is 90.3 Å². The van der Waals surface area contributed by atoms with Crippen molar-refractivity contribution in [2.75, 3.05) is 6.61 Å². The lowest BCUT2D eigenvalue weighted by atomic mass is 9.83. The van der Waals surface area contributed by atoms with Crippen LogP contribution in [0.4, 0.5) is 0 Å². The highest BCUT2D eigenvalue weighted by molar-refractivity contribution is 6.37. The Kier molecular flexibility index (Phi) is 9.86. The Morgan fingerprint density at radius 2 is 1.61 bits per heavy atom. The van der Waals surface area contributed by atoms with Gasteiger partial charge >= 0.3 is 5.97 Å². The van der Waals surface area contributed by atoms with Gasteiger partial charge in [0.2, 0.25) is 5.88 Å². The molecule has 0 amide bonds. The van der Waals surface area contributed by atoms with Crippen molar-refractivity contribution in [2.45, 2.75) is 32.3 Å². The van der Waals surface area contributed by atoms with Gasteiger partial charge in [-0.3, -0.25) is 0 Å². The van der Waals surface area contributed by atoms with E-state index < -0.39 is 11.9 Å². The molecule has 10 heteroatoms. The van der Waals surface area contributed by atoms with E-state index in [1.54, 1.807) is 18.2 Å². The first-order chi connectivity index (χ1) is 21.3. The minimum atomic E-state index is -0.670. The third-order valence-electron chi connectivity index (χ3n) is 6.91. The van der Waals surface area contributed by atoms with E-state index in [2.05, 4.69) is 6.07 Å². The number of carbonyl (C=O) groups excluding carboxylic acids is 1. The molecule has 0 spiro atoms. The van der Waals surface area contributed by atoms with E-state index in [-0.39, 0.29) is 32.8 Å². The SMILES string of the molecule is CCCCOc1c(Cl)cc(C(=O)Oc2ccc3c(c2)OC(N)=C(C#N)C3c2ccc(OCc3ccc(Cl)cc3)cc2)cc1Cl. The predicted molar refractivity (Wildman–Crippen MR) is 170 cm³/mol. The number of hydrogen-bond donors (Lipinski definition) is 1.